The predicted molar refractivity (Wildman–Crippen MR) is 91.2 cm³/mol. The molecule has 1 aromatic rings. The normalized spacial score (nSPS) is 34.0. The monoisotopic (exact) mass is 323 g/mol. The molecule has 0 radical (unpaired) electrons. The Bertz CT molecular complexity index is 483. The van der Waals surface area contributed by atoms with Crippen LogP contribution in [0.4, 0.5) is 0 Å². The smallest absolute Gasteiger partial charge is 0.0783 e. The van der Waals surface area contributed by atoms with Crippen LogP contribution in [-0.2, 0) is 17.6 Å². The maximum atomic E-state index is 6.68. The molecule has 1 spiro atoms. The van der Waals surface area contributed by atoms with Gasteiger partial charge in [0.25, 0.3) is 0 Å². The summed E-state index contributed by atoms with van der Waals surface area (Å²) in [7, 11) is 0. The van der Waals surface area contributed by atoms with Crippen LogP contribution in [0.5, 0.6) is 0 Å². The highest BCUT2D eigenvalue weighted by Gasteiger charge is 2.42. The minimum atomic E-state index is 0.155. The topological polar surface area (TPSA) is 35.2 Å². The summed E-state index contributed by atoms with van der Waals surface area (Å²) >= 11 is 4.04. The fraction of sp³-hybridized carbons (Fsp3) is 0.765. The third-order valence-corrected chi connectivity index (χ3v) is 8.01. The molecule has 0 bridgehead atoms. The van der Waals surface area contributed by atoms with Gasteiger partial charge in [0.2, 0.25) is 0 Å². The Hall–Kier alpha value is -0.0300. The molecule has 4 rings (SSSR count). The number of thioether (sulfide) groups is 1. The van der Waals surface area contributed by atoms with E-state index in [4.69, 9.17) is 10.5 Å². The van der Waals surface area contributed by atoms with Gasteiger partial charge in [-0.2, -0.15) is 11.8 Å². The molecule has 2 N–H and O–H groups in total. The maximum absolute atomic E-state index is 6.68. The number of rotatable bonds is 2. The fourth-order valence-corrected chi connectivity index (χ4v) is 6.88. The molecule has 1 aliphatic carbocycles. The van der Waals surface area contributed by atoms with Gasteiger partial charge < -0.3 is 10.5 Å². The van der Waals surface area contributed by atoms with E-state index in [2.05, 4.69) is 6.07 Å². The Labute approximate surface area is 135 Å². The summed E-state index contributed by atoms with van der Waals surface area (Å²) in [6, 6.07) is 2.65. The number of aryl methyl sites for hydroxylation is 2. The number of hydrogen-bond acceptors (Lipinski definition) is 4. The van der Waals surface area contributed by atoms with Crippen molar-refractivity contribution in [2.75, 3.05) is 18.1 Å². The van der Waals surface area contributed by atoms with E-state index in [1.54, 1.807) is 10.4 Å². The standard InChI is InChI=1S/C17H25NOS2/c18-16(15-9-12-3-1-2-4-14(12)21-15)13-5-7-19-17(10-13)6-8-20-11-17/h9,13,16H,1-8,10-11,18H2. The summed E-state index contributed by atoms with van der Waals surface area (Å²) in [6.45, 7) is 0.907. The number of hydrogen-bond donors (Lipinski definition) is 1. The van der Waals surface area contributed by atoms with Crippen LogP contribution in [0.3, 0.4) is 0 Å². The van der Waals surface area contributed by atoms with Crippen LogP contribution in [0.25, 0.3) is 0 Å². The molecule has 2 nitrogen and oxygen atoms in total. The fourth-order valence-electron chi connectivity index (χ4n) is 4.15. The second-order valence-electron chi connectivity index (χ2n) is 6.92. The van der Waals surface area contributed by atoms with Crippen LogP contribution in [0.15, 0.2) is 6.07 Å². The van der Waals surface area contributed by atoms with Gasteiger partial charge in [0.05, 0.1) is 5.60 Å². The van der Waals surface area contributed by atoms with Crippen molar-refractivity contribution in [3.05, 3.63) is 21.4 Å². The third-order valence-electron chi connectivity index (χ3n) is 5.45. The van der Waals surface area contributed by atoms with Gasteiger partial charge in [0.1, 0.15) is 0 Å². The molecule has 0 amide bonds. The molecule has 3 heterocycles. The summed E-state index contributed by atoms with van der Waals surface area (Å²) < 4.78 is 6.15. The average molecular weight is 324 g/mol. The van der Waals surface area contributed by atoms with Gasteiger partial charge in [-0.15, -0.1) is 11.3 Å². The van der Waals surface area contributed by atoms with Crippen molar-refractivity contribution in [3.8, 4) is 0 Å². The van der Waals surface area contributed by atoms with Crippen LogP contribution in [0.2, 0.25) is 0 Å². The van der Waals surface area contributed by atoms with E-state index < -0.39 is 0 Å². The second-order valence-corrected chi connectivity index (χ2v) is 9.19. The van der Waals surface area contributed by atoms with Crippen LogP contribution in [0.1, 0.15) is 53.5 Å². The highest BCUT2D eigenvalue weighted by molar-refractivity contribution is 7.99. The van der Waals surface area contributed by atoms with Crippen molar-refractivity contribution in [1.29, 1.82) is 0 Å². The third kappa shape index (κ3) is 2.80. The Morgan fingerprint density at radius 2 is 2.24 bits per heavy atom. The van der Waals surface area contributed by atoms with Crippen molar-refractivity contribution in [3.63, 3.8) is 0 Å². The van der Waals surface area contributed by atoms with Crippen molar-refractivity contribution in [1.82, 2.24) is 0 Å². The van der Waals surface area contributed by atoms with Gasteiger partial charge in [-0.1, -0.05) is 0 Å². The van der Waals surface area contributed by atoms with E-state index in [0.29, 0.717) is 5.92 Å². The van der Waals surface area contributed by atoms with E-state index in [-0.39, 0.29) is 11.6 Å². The van der Waals surface area contributed by atoms with Crippen LogP contribution in [0, 0.1) is 5.92 Å². The molecule has 21 heavy (non-hydrogen) atoms. The molecule has 0 aromatic carbocycles. The van der Waals surface area contributed by atoms with Gasteiger partial charge in [0, 0.05) is 28.2 Å². The van der Waals surface area contributed by atoms with Gasteiger partial charge in [-0.05, 0) is 68.2 Å². The molecule has 116 valence electrons. The zero-order valence-corrected chi connectivity index (χ0v) is 14.2. The van der Waals surface area contributed by atoms with E-state index in [1.165, 1.54) is 54.9 Å². The Morgan fingerprint density at radius 1 is 1.33 bits per heavy atom. The van der Waals surface area contributed by atoms with Gasteiger partial charge in [-0.3, -0.25) is 0 Å². The first-order chi connectivity index (χ1) is 10.3. The molecule has 3 atom stereocenters. The lowest BCUT2D eigenvalue weighted by Gasteiger charge is -2.39. The van der Waals surface area contributed by atoms with Gasteiger partial charge in [0.15, 0.2) is 0 Å². The molecule has 4 heteroatoms. The minimum Gasteiger partial charge on any atom is -0.374 e. The number of nitrogens with two attached hydrogens (primary N) is 1. The molecule has 3 aliphatic rings. The lowest BCUT2D eigenvalue weighted by Crippen LogP contribution is -2.42. The number of ether oxygens (including phenoxy) is 1. The van der Waals surface area contributed by atoms with Crippen LogP contribution in [-0.4, -0.2) is 23.7 Å². The van der Waals surface area contributed by atoms with E-state index in [0.717, 1.165) is 13.0 Å². The first-order valence-electron chi connectivity index (χ1n) is 8.35. The van der Waals surface area contributed by atoms with E-state index in [1.807, 2.05) is 23.1 Å². The highest BCUT2D eigenvalue weighted by atomic mass is 32.2. The molecule has 2 aliphatic heterocycles. The lowest BCUT2D eigenvalue weighted by molar-refractivity contribution is -0.0832. The Balaban J connectivity index is 1.51. The summed E-state index contributed by atoms with van der Waals surface area (Å²) in [4.78, 5) is 3.06. The predicted octanol–water partition coefficient (Wildman–Crippen LogP) is 3.93. The van der Waals surface area contributed by atoms with Crippen molar-refractivity contribution >= 4 is 23.1 Å². The summed E-state index contributed by atoms with van der Waals surface area (Å²) in [5.41, 5.74) is 8.43. The first-order valence-corrected chi connectivity index (χ1v) is 10.3. The molecule has 2 saturated heterocycles. The highest BCUT2D eigenvalue weighted by Crippen LogP contribution is 2.45. The molecular weight excluding hydrogens is 298 g/mol. The molecule has 2 fully saturated rings. The first kappa shape index (κ1) is 14.6. The minimum absolute atomic E-state index is 0.155. The zero-order chi connectivity index (χ0) is 14.3. The molecule has 1 aromatic heterocycles. The van der Waals surface area contributed by atoms with Gasteiger partial charge in [-0.25, -0.2) is 0 Å². The van der Waals surface area contributed by atoms with E-state index >= 15 is 0 Å². The zero-order valence-electron chi connectivity index (χ0n) is 12.6. The summed E-state index contributed by atoms with van der Waals surface area (Å²) in [5, 5.41) is 0. The van der Waals surface area contributed by atoms with Gasteiger partial charge >= 0.3 is 0 Å². The van der Waals surface area contributed by atoms with Crippen LogP contribution < -0.4 is 5.73 Å². The maximum Gasteiger partial charge on any atom is 0.0783 e. The Kier molecular flexibility index (Phi) is 4.07. The summed E-state index contributed by atoms with van der Waals surface area (Å²) in [6.07, 6.45) is 8.80. The second kappa shape index (κ2) is 5.88. The average Bonchev–Trinajstić information content (AvgIpc) is 3.13. The molecular formula is C17H25NOS2. The number of thiophene rings is 1. The molecule has 0 saturated carbocycles. The van der Waals surface area contributed by atoms with Crippen LogP contribution >= 0.6 is 23.1 Å². The largest absolute Gasteiger partial charge is 0.374 e. The quantitative estimate of drug-likeness (QED) is 0.895. The lowest BCUT2D eigenvalue weighted by atomic mass is 9.81. The van der Waals surface area contributed by atoms with Crippen molar-refractivity contribution in [2.45, 2.75) is 56.6 Å². The molecule has 3 unspecified atom stereocenters. The van der Waals surface area contributed by atoms with E-state index in [9.17, 15) is 0 Å². The summed E-state index contributed by atoms with van der Waals surface area (Å²) in [5.74, 6) is 3.05. The number of fused-ring (bicyclic) bond motifs is 1. The van der Waals surface area contributed by atoms with Crippen molar-refractivity contribution < 1.29 is 4.74 Å². The Morgan fingerprint density at radius 3 is 3.05 bits per heavy atom. The SMILES string of the molecule is NC(c1cc2c(s1)CCCC2)C1CCOC2(CCSC2)C1. The van der Waals surface area contributed by atoms with Crippen molar-refractivity contribution in [2.24, 2.45) is 11.7 Å².